The second kappa shape index (κ2) is 4.86. The van der Waals surface area contributed by atoms with Gasteiger partial charge in [-0.25, -0.2) is 4.39 Å². The standard InChI is InChI=1S/C14H16FNOS/c1-16-4-2-6-17-12-7-11(15)8-13-14(12)10(3-5-16)9-18-13/h7-9H,2-6H2,1H3. The molecule has 0 radical (unpaired) electrons. The molecule has 1 aromatic heterocycles. The van der Waals surface area contributed by atoms with E-state index in [0.29, 0.717) is 12.4 Å². The minimum atomic E-state index is -0.208. The lowest BCUT2D eigenvalue weighted by atomic mass is 10.1. The van der Waals surface area contributed by atoms with Gasteiger partial charge in [0.2, 0.25) is 0 Å². The third-order valence-electron chi connectivity index (χ3n) is 3.38. The largest absolute Gasteiger partial charge is 0.493 e. The van der Waals surface area contributed by atoms with E-state index in [4.69, 9.17) is 4.74 Å². The molecule has 0 saturated carbocycles. The maximum atomic E-state index is 13.5. The van der Waals surface area contributed by atoms with Crippen molar-refractivity contribution in [3.8, 4) is 5.75 Å². The minimum absolute atomic E-state index is 0.208. The lowest BCUT2D eigenvalue weighted by Crippen LogP contribution is -2.24. The highest BCUT2D eigenvalue weighted by atomic mass is 32.1. The van der Waals surface area contributed by atoms with Gasteiger partial charge in [-0.05, 0) is 36.9 Å². The quantitative estimate of drug-likeness (QED) is 0.724. The summed E-state index contributed by atoms with van der Waals surface area (Å²) in [6.07, 6.45) is 1.98. The summed E-state index contributed by atoms with van der Waals surface area (Å²) in [5.41, 5.74) is 1.28. The number of hydrogen-bond acceptors (Lipinski definition) is 3. The maximum Gasteiger partial charge on any atom is 0.131 e. The predicted octanol–water partition coefficient (Wildman–Crippen LogP) is 3.30. The van der Waals surface area contributed by atoms with Crippen molar-refractivity contribution in [3.05, 3.63) is 28.9 Å². The van der Waals surface area contributed by atoms with E-state index in [1.165, 1.54) is 11.6 Å². The van der Waals surface area contributed by atoms with Gasteiger partial charge in [0.05, 0.1) is 6.61 Å². The van der Waals surface area contributed by atoms with Crippen LogP contribution in [0.25, 0.3) is 10.1 Å². The smallest absolute Gasteiger partial charge is 0.131 e. The third-order valence-corrected chi connectivity index (χ3v) is 4.36. The van der Waals surface area contributed by atoms with Crippen molar-refractivity contribution < 1.29 is 9.13 Å². The summed E-state index contributed by atoms with van der Waals surface area (Å²) in [5, 5.41) is 3.24. The molecule has 2 aromatic rings. The molecule has 0 unspecified atom stereocenters. The average molecular weight is 265 g/mol. The SMILES string of the molecule is CN1CCCOc2cc(F)cc3scc(c23)CC1. The van der Waals surface area contributed by atoms with Crippen LogP contribution in [0.15, 0.2) is 17.5 Å². The number of rotatable bonds is 0. The molecule has 96 valence electrons. The Morgan fingerprint density at radius 2 is 2.22 bits per heavy atom. The first-order valence-corrected chi connectivity index (χ1v) is 7.13. The van der Waals surface area contributed by atoms with Crippen LogP contribution < -0.4 is 4.74 Å². The molecule has 0 saturated heterocycles. The molecule has 3 rings (SSSR count). The molecule has 0 N–H and O–H groups in total. The van der Waals surface area contributed by atoms with Crippen molar-refractivity contribution in [2.45, 2.75) is 12.8 Å². The van der Waals surface area contributed by atoms with Crippen LogP contribution in [0.3, 0.4) is 0 Å². The van der Waals surface area contributed by atoms with Crippen LogP contribution in [0.2, 0.25) is 0 Å². The van der Waals surface area contributed by atoms with E-state index in [9.17, 15) is 4.39 Å². The van der Waals surface area contributed by atoms with Crippen molar-refractivity contribution in [2.75, 3.05) is 26.7 Å². The zero-order valence-electron chi connectivity index (χ0n) is 10.4. The summed E-state index contributed by atoms with van der Waals surface area (Å²) < 4.78 is 20.3. The van der Waals surface area contributed by atoms with Gasteiger partial charge < -0.3 is 9.64 Å². The van der Waals surface area contributed by atoms with Gasteiger partial charge in [-0.15, -0.1) is 11.3 Å². The number of ether oxygens (including phenoxy) is 1. The van der Waals surface area contributed by atoms with Crippen LogP contribution in [0.4, 0.5) is 4.39 Å². The lowest BCUT2D eigenvalue weighted by molar-refractivity contribution is 0.262. The monoisotopic (exact) mass is 265 g/mol. The summed E-state index contributed by atoms with van der Waals surface area (Å²) in [4.78, 5) is 2.32. The molecule has 0 spiro atoms. The van der Waals surface area contributed by atoms with E-state index in [0.717, 1.165) is 36.0 Å². The average Bonchev–Trinajstić information content (AvgIpc) is 2.74. The van der Waals surface area contributed by atoms with Crippen molar-refractivity contribution in [2.24, 2.45) is 0 Å². The fourth-order valence-electron chi connectivity index (χ4n) is 2.40. The zero-order valence-corrected chi connectivity index (χ0v) is 11.2. The molecule has 2 nitrogen and oxygen atoms in total. The van der Waals surface area contributed by atoms with Crippen molar-refractivity contribution in [1.82, 2.24) is 4.90 Å². The Hall–Kier alpha value is -1.13. The number of nitrogens with zero attached hydrogens (tertiary/aromatic N) is 1. The topological polar surface area (TPSA) is 12.5 Å². The van der Waals surface area contributed by atoms with Crippen LogP contribution in [-0.4, -0.2) is 31.6 Å². The molecule has 0 fully saturated rings. The van der Waals surface area contributed by atoms with Gasteiger partial charge in [0.25, 0.3) is 0 Å². The second-order valence-electron chi connectivity index (χ2n) is 4.79. The lowest BCUT2D eigenvalue weighted by Gasteiger charge is -2.19. The van der Waals surface area contributed by atoms with E-state index in [-0.39, 0.29) is 5.82 Å². The van der Waals surface area contributed by atoms with Crippen molar-refractivity contribution in [1.29, 1.82) is 0 Å². The minimum Gasteiger partial charge on any atom is -0.493 e. The highest BCUT2D eigenvalue weighted by Gasteiger charge is 2.14. The molecule has 2 heterocycles. The molecular weight excluding hydrogens is 249 g/mol. The molecule has 1 aliphatic heterocycles. The maximum absolute atomic E-state index is 13.5. The highest BCUT2D eigenvalue weighted by molar-refractivity contribution is 7.17. The number of hydrogen-bond donors (Lipinski definition) is 0. The first kappa shape index (κ1) is 11.9. The fraction of sp³-hybridized carbons (Fsp3) is 0.429. The van der Waals surface area contributed by atoms with Crippen molar-refractivity contribution in [3.63, 3.8) is 0 Å². The number of likely N-dealkylation sites (N-methyl/N-ethyl adjacent to an activating group) is 1. The number of benzene rings is 1. The Kier molecular flexibility index (Phi) is 3.22. The summed E-state index contributed by atoms with van der Waals surface area (Å²) in [5.74, 6) is 0.505. The zero-order chi connectivity index (χ0) is 12.5. The first-order valence-electron chi connectivity index (χ1n) is 6.25. The molecule has 18 heavy (non-hydrogen) atoms. The van der Waals surface area contributed by atoms with E-state index < -0.39 is 0 Å². The summed E-state index contributed by atoms with van der Waals surface area (Å²) in [6.45, 7) is 2.72. The highest BCUT2D eigenvalue weighted by Crippen LogP contribution is 2.35. The first-order chi connectivity index (χ1) is 8.74. The molecule has 0 amide bonds. The Morgan fingerprint density at radius 3 is 3.11 bits per heavy atom. The molecule has 1 aliphatic rings. The normalized spacial score (nSPS) is 17.7. The molecule has 1 aromatic carbocycles. The van der Waals surface area contributed by atoms with E-state index in [2.05, 4.69) is 17.3 Å². The predicted molar refractivity (Wildman–Crippen MR) is 73.1 cm³/mol. The van der Waals surface area contributed by atoms with Gasteiger partial charge in [-0.2, -0.15) is 0 Å². The van der Waals surface area contributed by atoms with Gasteiger partial charge in [-0.1, -0.05) is 0 Å². The Labute approximate surface area is 110 Å². The van der Waals surface area contributed by atoms with Crippen LogP contribution in [0.5, 0.6) is 5.75 Å². The number of thiophene rings is 1. The van der Waals surface area contributed by atoms with Gasteiger partial charge >= 0.3 is 0 Å². The van der Waals surface area contributed by atoms with Gasteiger partial charge in [0, 0.05) is 29.2 Å². The third kappa shape index (κ3) is 2.22. The molecule has 4 heteroatoms. The summed E-state index contributed by atoms with van der Waals surface area (Å²) in [6, 6.07) is 3.12. The van der Waals surface area contributed by atoms with E-state index >= 15 is 0 Å². The fourth-order valence-corrected chi connectivity index (χ4v) is 3.43. The summed E-state index contributed by atoms with van der Waals surface area (Å²) in [7, 11) is 2.14. The van der Waals surface area contributed by atoms with Crippen LogP contribution in [0, 0.1) is 5.82 Å². The van der Waals surface area contributed by atoms with E-state index in [1.807, 2.05) is 0 Å². The van der Waals surface area contributed by atoms with Crippen LogP contribution in [0.1, 0.15) is 12.0 Å². The Morgan fingerprint density at radius 1 is 1.33 bits per heavy atom. The van der Waals surface area contributed by atoms with Gasteiger partial charge in [0.15, 0.2) is 0 Å². The van der Waals surface area contributed by atoms with Gasteiger partial charge in [-0.3, -0.25) is 0 Å². The van der Waals surface area contributed by atoms with Crippen LogP contribution >= 0.6 is 11.3 Å². The Balaban J connectivity index is 2.09. The second-order valence-corrected chi connectivity index (χ2v) is 5.70. The number of halogens is 1. The molecular formula is C14H16FNOS. The molecule has 0 aliphatic carbocycles. The molecule has 0 atom stereocenters. The summed E-state index contributed by atoms with van der Waals surface area (Å²) >= 11 is 1.60. The van der Waals surface area contributed by atoms with Gasteiger partial charge in [0.1, 0.15) is 11.6 Å². The Bertz CT molecular complexity index is 566. The van der Waals surface area contributed by atoms with Crippen molar-refractivity contribution >= 4 is 21.4 Å². The molecule has 0 bridgehead atoms. The van der Waals surface area contributed by atoms with Crippen LogP contribution in [-0.2, 0) is 6.42 Å². The van der Waals surface area contributed by atoms with E-state index in [1.54, 1.807) is 17.4 Å².